The number of nitrogens with one attached hydrogen (secondary N) is 2. The van der Waals surface area contributed by atoms with Crippen LogP contribution in [0.4, 0.5) is 0 Å². The van der Waals surface area contributed by atoms with Crippen LogP contribution >= 0.6 is 0 Å². The summed E-state index contributed by atoms with van der Waals surface area (Å²) in [5.74, 6) is 1.24. The van der Waals surface area contributed by atoms with Crippen molar-refractivity contribution >= 4 is 11.0 Å². The van der Waals surface area contributed by atoms with Gasteiger partial charge in [-0.15, -0.1) is 0 Å². The molecule has 4 nitrogen and oxygen atoms in total. The number of likely N-dealkylation sites (N-methyl/N-ethyl adjacent to an activating group) is 1. The monoisotopic (exact) mass is 266 g/mol. The first-order chi connectivity index (χ1) is 9.78. The third kappa shape index (κ3) is 2.42. The standard InChI is InChI=1S/C16H18N4/c1-11-19-15-6-5-12(8-16(15)20-11)14(10-17-2)13-4-3-7-18-9-13/h3-9,14,17H,10H2,1-2H3,(H,19,20). The lowest BCUT2D eigenvalue weighted by atomic mass is 9.92. The topological polar surface area (TPSA) is 53.6 Å². The summed E-state index contributed by atoms with van der Waals surface area (Å²) in [6, 6.07) is 10.5. The second-order valence-corrected chi connectivity index (χ2v) is 5.00. The number of rotatable bonds is 4. The molecular formula is C16H18N4. The highest BCUT2D eigenvalue weighted by Crippen LogP contribution is 2.26. The molecule has 3 rings (SSSR count). The van der Waals surface area contributed by atoms with E-state index in [1.54, 1.807) is 6.20 Å². The molecule has 0 bridgehead atoms. The first kappa shape index (κ1) is 12.8. The third-order valence-electron chi connectivity index (χ3n) is 3.52. The zero-order valence-corrected chi connectivity index (χ0v) is 11.7. The highest BCUT2D eigenvalue weighted by atomic mass is 14.9. The maximum Gasteiger partial charge on any atom is 0.104 e. The number of hydrogen-bond donors (Lipinski definition) is 2. The fourth-order valence-corrected chi connectivity index (χ4v) is 2.59. The van der Waals surface area contributed by atoms with Crippen LogP contribution in [0.3, 0.4) is 0 Å². The average molecular weight is 266 g/mol. The fraction of sp³-hybridized carbons (Fsp3) is 0.250. The molecule has 102 valence electrons. The molecule has 2 N–H and O–H groups in total. The van der Waals surface area contributed by atoms with Crippen molar-refractivity contribution in [1.82, 2.24) is 20.3 Å². The van der Waals surface area contributed by atoms with Crippen LogP contribution in [0.1, 0.15) is 22.9 Å². The lowest BCUT2D eigenvalue weighted by Crippen LogP contribution is -2.18. The predicted octanol–water partition coefficient (Wildman–Crippen LogP) is 2.62. The fourth-order valence-electron chi connectivity index (χ4n) is 2.59. The van der Waals surface area contributed by atoms with Gasteiger partial charge in [0, 0.05) is 24.9 Å². The average Bonchev–Trinajstić information content (AvgIpc) is 2.84. The zero-order valence-electron chi connectivity index (χ0n) is 11.7. The summed E-state index contributed by atoms with van der Waals surface area (Å²) in [6.45, 7) is 2.86. The Morgan fingerprint density at radius 2 is 2.15 bits per heavy atom. The summed E-state index contributed by atoms with van der Waals surface area (Å²) in [7, 11) is 1.97. The van der Waals surface area contributed by atoms with Gasteiger partial charge in [0.25, 0.3) is 0 Å². The van der Waals surface area contributed by atoms with Gasteiger partial charge in [0.15, 0.2) is 0 Å². The van der Waals surface area contributed by atoms with Crippen LogP contribution in [0.25, 0.3) is 11.0 Å². The van der Waals surface area contributed by atoms with Gasteiger partial charge in [-0.25, -0.2) is 4.98 Å². The largest absolute Gasteiger partial charge is 0.342 e. The maximum absolute atomic E-state index is 4.45. The van der Waals surface area contributed by atoms with Gasteiger partial charge in [-0.05, 0) is 43.3 Å². The number of benzene rings is 1. The number of hydrogen-bond acceptors (Lipinski definition) is 3. The molecule has 0 saturated carbocycles. The van der Waals surface area contributed by atoms with Crippen molar-refractivity contribution in [3.63, 3.8) is 0 Å². The zero-order chi connectivity index (χ0) is 13.9. The normalized spacial score (nSPS) is 12.7. The SMILES string of the molecule is CNCC(c1cccnc1)c1ccc2nc(C)[nH]c2c1. The number of fused-ring (bicyclic) bond motifs is 1. The van der Waals surface area contributed by atoms with Gasteiger partial charge in [0.05, 0.1) is 11.0 Å². The van der Waals surface area contributed by atoms with Crippen LogP contribution in [0.5, 0.6) is 0 Å². The minimum atomic E-state index is 0.293. The molecule has 2 aromatic heterocycles. The van der Waals surface area contributed by atoms with Gasteiger partial charge >= 0.3 is 0 Å². The van der Waals surface area contributed by atoms with E-state index in [1.807, 2.05) is 26.2 Å². The number of pyridine rings is 1. The molecule has 0 aliphatic heterocycles. The maximum atomic E-state index is 4.45. The summed E-state index contributed by atoms with van der Waals surface area (Å²) >= 11 is 0. The molecule has 0 radical (unpaired) electrons. The summed E-state index contributed by atoms with van der Waals surface area (Å²) in [5, 5.41) is 3.26. The third-order valence-corrected chi connectivity index (χ3v) is 3.52. The van der Waals surface area contributed by atoms with Crippen LogP contribution in [-0.2, 0) is 0 Å². The Hall–Kier alpha value is -2.20. The number of nitrogens with zero attached hydrogens (tertiary/aromatic N) is 2. The number of aryl methyl sites for hydroxylation is 1. The van der Waals surface area contributed by atoms with Crippen LogP contribution < -0.4 is 5.32 Å². The molecule has 1 atom stereocenters. The second kappa shape index (κ2) is 5.43. The van der Waals surface area contributed by atoms with Gasteiger partial charge in [0.1, 0.15) is 5.82 Å². The van der Waals surface area contributed by atoms with Crippen LogP contribution in [-0.4, -0.2) is 28.5 Å². The molecule has 0 aliphatic carbocycles. The Morgan fingerprint density at radius 3 is 2.90 bits per heavy atom. The number of aromatic nitrogens is 3. The first-order valence-electron chi connectivity index (χ1n) is 6.78. The van der Waals surface area contributed by atoms with E-state index in [0.29, 0.717) is 5.92 Å². The molecule has 4 heteroatoms. The Labute approximate surface area is 118 Å². The van der Waals surface area contributed by atoms with E-state index < -0.39 is 0 Å². The van der Waals surface area contributed by atoms with Crippen molar-refractivity contribution in [2.75, 3.05) is 13.6 Å². The molecule has 1 unspecified atom stereocenters. The van der Waals surface area contributed by atoms with Crippen LogP contribution in [0.15, 0.2) is 42.7 Å². The molecule has 20 heavy (non-hydrogen) atoms. The Morgan fingerprint density at radius 1 is 1.25 bits per heavy atom. The number of aromatic amines is 1. The summed E-state index contributed by atoms with van der Waals surface area (Å²) in [5.41, 5.74) is 4.59. The summed E-state index contributed by atoms with van der Waals surface area (Å²) < 4.78 is 0. The first-order valence-corrected chi connectivity index (χ1v) is 6.78. The molecule has 0 saturated heterocycles. The highest BCUT2D eigenvalue weighted by molar-refractivity contribution is 5.76. The van der Waals surface area contributed by atoms with Crippen molar-refractivity contribution < 1.29 is 0 Å². The van der Waals surface area contributed by atoms with Crippen molar-refractivity contribution in [2.45, 2.75) is 12.8 Å². The van der Waals surface area contributed by atoms with E-state index in [2.05, 4.69) is 44.5 Å². The Balaban J connectivity index is 2.04. The highest BCUT2D eigenvalue weighted by Gasteiger charge is 2.14. The van der Waals surface area contributed by atoms with Crippen molar-refractivity contribution in [1.29, 1.82) is 0 Å². The quantitative estimate of drug-likeness (QED) is 0.763. The summed E-state index contributed by atoms with van der Waals surface area (Å²) in [4.78, 5) is 12.0. The Kier molecular flexibility index (Phi) is 3.48. The molecular weight excluding hydrogens is 248 g/mol. The molecule has 0 aliphatic rings. The van der Waals surface area contributed by atoms with E-state index in [9.17, 15) is 0 Å². The summed E-state index contributed by atoms with van der Waals surface area (Å²) in [6.07, 6.45) is 3.74. The van der Waals surface area contributed by atoms with E-state index in [0.717, 1.165) is 23.4 Å². The van der Waals surface area contributed by atoms with Gasteiger partial charge in [-0.3, -0.25) is 4.98 Å². The lowest BCUT2D eigenvalue weighted by Gasteiger charge is -2.17. The smallest absolute Gasteiger partial charge is 0.104 e. The molecule has 0 amide bonds. The van der Waals surface area contributed by atoms with Crippen molar-refractivity contribution in [2.24, 2.45) is 0 Å². The van der Waals surface area contributed by atoms with Gasteiger partial charge in [-0.1, -0.05) is 12.1 Å². The van der Waals surface area contributed by atoms with Crippen molar-refractivity contribution in [3.8, 4) is 0 Å². The van der Waals surface area contributed by atoms with Gasteiger partial charge < -0.3 is 10.3 Å². The lowest BCUT2D eigenvalue weighted by molar-refractivity contribution is 0.706. The molecule has 0 fully saturated rings. The van der Waals surface area contributed by atoms with E-state index in [-0.39, 0.29) is 0 Å². The van der Waals surface area contributed by atoms with Crippen molar-refractivity contribution in [3.05, 3.63) is 59.7 Å². The van der Waals surface area contributed by atoms with Crippen LogP contribution in [0.2, 0.25) is 0 Å². The molecule has 2 heterocycles. The van der Waals surface area contributed by atoms with E-state index >= 15 is 0 Å². The number of imidazole rings is 1. The molecule has 3 aromatic rings. The Bertz CT molecular complexity index is 703. The minimum absolute atomic E-state index is 0.293. The predicted molar refractivity (Wildman–Crippen MR) is 80.8 cm³/mol. The minimum Gasteiger partial charge on any atom is -0.342 e. The number of H-pyrrole nitrogens is 1. The van der Waals surface area contributed by atoms with Crippen LogP contribution in [0, 0.1) is 6.92 Å². The second-order valence-electron chi connectivity index (χ2n) is 5.00. The van der Waals surface area contributed by atoms with Gasteiger partial charge in [0.2, 0.25) is 0 Å². The van der Waals surface area contributed by atoms with E-state index in [1.165, 1.54) is 11.1 Å². The van der Waals surface area contributed by atoms with E-state index in [4.69, 9.17) is 0 Å². The molecule has 1 aromatic carbocycles. The molecule has 0 spiro atoms. The van der Waals surface area contributed by atoms with Gasteiger partial charge in [-0.2, -0.15) is 0 Å².